The molecule has 4 rings (SSSR count). The number of aromatic nitrogens is 3. The lowest BCUT2D eigenvalue weighted by molar-refractivity contribution is -0.932. The molecular weight excluding hydrogens is 474 g/mol. The van der Waals surface area contributed by atoms with Crippen molar-refractivity contribution in [2.45, 2.75) is 61.9 Å². The molecule has 0 saturated heterocycles. The van der Waals surface area contributed by atoms with Crippen LogP contribution < -0.4 is 10.0 Å². The topological polar surface area (TPSA) is 71.0 Å². The van der Waals surface area contributed by atoms with E-state index in [1.807, 2.05) is 0 Å². The van der Waals surface area contributed by atoms with Gasteiger partial charge < -0.3 is 5.32 Å². The number of nitrogens with zero attached hydrogens (tertiary/aromatic N) is 3. The smallest absolute Gasteiger partial charge is 0.320 e. The number of carbonyl (C=O) groups is 1. The first kappa shape index (κ1) is 23.7. The van der Waals surface area contributed by atoms with E-state index in [2.05, 4.69) is 10.4 Å². The largest absolute Gasteiger partial charge is 0.420 e. The number of pyridine rings is 1. The maximum absolute atomic E-state index is 14.0. The van der Waals surface area contributed by atoms with Crippen LogP contribution in [0.4, 0.5) is 32.0 Å². The number of alkyl halides is 6. The molecule has 2 heterocycles. The molecule has 6 nitrogen and oxygen atoms in total. The van der Waals surface area contributed by atoms with Crippen LogP contribution in [0.15, 0.2) is 23.4 Å². The summed E-state index contributed by atoms with van der Waals surface area (Å²) in [6.07, 6.45) is -4.94. The van der Waals surface area contributed by atoms with Gasteiger partial charge in [0.25, 0.3) is 10.9 Å². The van der Waals surface area contributed by atoms with Gasteiger partial charge >= 0.3 is 6.18 Å². The number of carbonyl (C=O) groups excluding carboxylic acids is 1. The monoisotopic (exact) mass is 495 g/mol. The first-order valence-corrected chi connectivity index (χ1v) is 11.3. The van der Waals surface area contributed by atoms with E-state index in [1.54, 1.807) is 6.26 Å². The van der Waals surface area contributed by atoms with E-state index in [-0.39, 0.29) is 18.7 Å². The number of hydrogen-bond donors (Lipinski definition) is 2. The number of halogens is 6. The highest BCUT2D eigenvalue weighted by Crippen LogP contribution is 2.54. The van der Waals surface area contributed by atoms with Crippen LogP contribution >= 0.6 is 11.8 Å². The summed E-state index contributed by atoms with van der Waals surface area (Å²) in [6.45, 7) is 1.14. The molecule has 2 unspecified atom stereocenters. The number of thioether (sulfide) groups is 1. The van der Waals surface area contributed by atoms with E-state index >= 15 is 0 Å². The van der Waals surface area contributed by atoms with Crippen LogP contribution in [0.3, 0.4) is 0 Å². The Hall–Kier alpha value is -2.44. The second kappa shape index (κ2) is 7.81. The predicted octanol–water partition coefficient (Wildman–Crippen LogP) is 4.66. The molecule has 0 bridgehead atoms. The SMILES string of the molecule is CSc1cc(NC(=O)c2c(C(F)(F)F)c(C3CC3F)nn2CC2(C)CC(F)(F)C2)cc[n+]1O. The average Bonchev–Trinajstić information content (AvgIpc) is 3.26. The molecule has 0 aromatic carbocycles. The number of nitrogens with one attached hydrogen (secondary N) is 1. The molecule has 0 aliphatic heterocycles. The Labute approximate surface area is 188 Å². The zero-order chi connectivity index (χ0) is 24.3. The van der Waals surface area contributed by atoms with E-state index in [4.69, 9.17) is 0 Å². The Balaban J connectivity index is 1.75. The van der Waals surface area contributed by atoms with E-state index in [0.29, 0.717) is 5.03 Å². The molecule has 2 atom stereocenters. The highest BCUT2D eigenvalue weighted by atomic mass is 32.2. The molecule has 180 valence electrons. The van der Waals surface area contributed by atoms with Gasteiger partial charge in [-0.3, -0.25) is 14.7 Å². The molecule has 2 N–H and O–H groups in total. The van der Waals surface area contributed by atoms with Crippen molar-refractivity contribution in [2.75, 3.05) is 11.6 Å². The third-order valence-corrected chi connectivity index (χ3v) is 6.53. The van der Waals surface area contributed by atoms with E-state index in [0.717, 1.165) is 21.2 Å². The Morgan fingerprint density at radius 3 is 2.55 bits per heavy atom. The minimum Gasteiger partial charge on any atom is -0.320 e. The second-order valence-electron chi connectivity index (χ2n) is 8.90. The van der Waals surface area contributed by atoms with Gasteiger partial charge in [-0.05, 0) is 18.1 Å². The molecule has 2 aliphatic rings. The zero-order valence-corrected chi connectivity index (χ0v) is 18.4. The molecule has 2 fully saturated rings. The molecular formula is C20H21F6N4O2S+. The van der Waals surface area contributed by atoms with E-state index < -0.39 is 65.3 Å². The molecule has 0 spiro atoms. The molecule has 33 heavy (non-hydrogen) atoms. The fraction of sp³-hybridized carbons (Fsp3) is 0.550. The van der Waals surface area contributed by atoms with E-state index in [9.17, 15) is 36.3 Å². The molecule has 13 heteroatoms. The molecule has 2 aromatic heterocycles. The van der Waals surface area contributed by atoms with Gasteiger partial charge in [0.05, 0.1) is 11.4 Å². The summed E-state index contributed by atoms with van der Waals surface area (Å²) < 4.78 is 84.4. The normalized spacial score (nSPS) is 23.2. The summed E-state index contributed by atoms with van der Waals surface area (Å²) in [6, 6.07) is 2.63. The fourth-order valence-corrected chi connectivity index (χ4v) is 4.87. The van der Waals surface area contributed by atoms with Gasteiger partial charge in [0, 0.05) is 42.2 Å². The zero-order valence-electron chi connectivity index (χ0n) is 17.6. The summed E-state index contributed by atoms with van der Waals surface area (Å²) in [7, 11) is 0. The summed E-state index contributed by atoms with van der Waals surface area (Å²) in [5.41, 5.74) is -3.74. The minimum atomic E-state index is -5.01. The Morgan fingerprint density at radius 2 is 2.03 bits per heavy atom. The van der Waals surface area contributed by atoms with Crippen molar-refractivity contribution in [3.8, 4) is 0 Å². The predicted molar refractivity (Wildman–Crippen MR) is 105 cm³/mol. The van der Waals surface area contributed by atoms with Crippen molar-refractivity contribution >= 4 is 23.4 Å². The molecule has 2 aliphatic carbocycles. The Kier molecular flexibility index (Phi) is 5.61. The van der Waals surface area contributed by atoms with Crippen molar-refractivity contribution in [1.82, 2.24) is 9.78 Å². The lowest BCUT2D eigenvalue weighted by Crippen LogP contribution is -2.47. The molecule has 2 aromatic rings. The molecule has 0 radical (unpaired) electrons. The van der Waals surface area contributed by atoms with Crippen LogP contribution in [0.25, 0.3) is 0 Å². The van der Waals surface area contributed by atoms with Gasteiger partial charge in [0.2, 0.25) is 12.1 Å². The highest BCUT2D eigenvalue weighted by molar-refractivity contribution is 7.98. The van der Waals surface area contributed by atoms with Crippen molar-refractivity contribution in [3.05, 3.63) is 35.3 Å². The van der Waals surface area contributed by atoms with Gasteiger partial charge in [0.1, 0.15) is 17.4 Å². The maximum atomic E-state index is 14.0. The van der Waals surface area contributed by atoms with Crippen molar-refractivity contribution in [1.29, 1.82) is 0 Å². The summed E-state index contributed by atoms with van der Waals surface area (Å²) in [5.74, 6) is -5.19. The van der Waals surface area contributed by atoms with Gasteiger partial charge in [-0.2, -0.15) is 18.3 Å². The van der Waals surface area contributed by atoms with Crippen LogP contribution in [0.5, 0.6) is 0 Å². The summed E-state index contributed by atoms with van der Waals surface area (Å²) in [5, 5.41) is 16.3. The second-order valence-corrected chi connectivity index (χ2v) is 9.73. The van der Waals surface area contributed by atoms with Crippen molar-refractivity contribution < 1.29 is 41.1 Å². The average molecular weight is 495 g/mol. The maximum Gasteiger partial charge on any atom is 0.420 e. The van der Waals surface area contributed by atoms with Crippen LogP contribution in [-0.2, 0) is 12.7 Å². The highest BCUT2D eigenvalue weighted by Gasteiger charge is 2.55. The molecule has 2 saturated carbocycles. The van der Waals surface area contributed by atoms with Gasteiger partial charge in [-0.15, -0.1) is 0 Å². The number of amides is 1. The fourth-order valence-electron chi connectivity index (χ4n) is 4.37. The standard InChI is InChI=1S/C20H20F6N4O2S/c1-18(7-19(22,23)8-18)9-29-16(14(20(24,25)26)15(28-29)11-6-12(11)21)17(31)27-10-3-4-30(32)13(5-10)33-2/h3-5,11-12,32H,6-9H2,1-2H3/p+1. The Morgan fingerprint density at radius 1 is 1.39 bits per heavy atom. The van der Waals surface area contributed by atoms with E-state index in [1.165, 1.54) is 25.3 Å². The van der Waals surface area contributed by atoms with Gasteiger partial charge in [0.15, 0.2) is 0 Å². The first-order chi connectivity index (χ1) is 15.2. The van der Waals surface area contributed by atoms with Crippen molar-refractivity contribution in [3.63, 3.8) is 0 Å². The van der Waals surface area contributed by atoms with Crippen molar-refractivity contribution in [2.24, 2.45) is 5.41 Å². The van der Waals surface area contributed by atoms with Crippen LogP contribution in [0, 0.1) is 5.41 Å². The molecule has 1 amide bonds. The van der Waals surface area contributed by atoms with Gasteiger partial charge in [-0.1, -0.05) is 18.7 Å². The third-order valence-electron chi connectivity index (χ3n) is 5.81. The van der Waals surface area contributed by atoms with Crippen LogP contribution in [0.2, 0.25) is 0 Å². The third kappa shape index (κ3) is 4.64. The lowest BCUT2D eigenvalue weighted by atomic mass is 9.67. The minimum absolute atomic E-state index is 0.105. The van der Waals surface area contributed by atoms with Crippen LogP contribution in [0.1, 0.15) is 53.8 Å². The number of anilines is 1. The first-order valence-electron chi connectivity index (χ1n) is 10.0. The number of rotatable bonds is 6. The summed E-state index contributed by atoms with van der Waals surface area (Å²) >= 11 is 1.13. The quantitative estimate of drug-likeness (QED) is 0.265. The Bertz CT molecular complexity index is 1090. The number of hydrogen-bond acceptors (Lipinski definition) is 4. The van der Waals surface area contributed by atoms with Crippen LogP contribution in [-0.4, -0.2) is 39.2 Å². The van der Waals surface area contributed by atoms with Gasteiger partial charge in [-0.25, -0.2) is 13.2 Å². The summed E-state index contributed by atoms with van der Waals surface area (Å²) in [4.78, 5) is 13.1. The lowest BCUT2D eigenvalue weighted by Gasteiger charge is -2.44.